The van der Waals surface area contributed by atoms with E-state index < -0.39 is 6.04 Å². The molecule has 132 valence electrons. The molecule has 2 amide bonds. The Bertz CT molecular complexity index is 767. The summed E-state index contributed by atoms with van der Waals surface area (Å²) in [5.74, 6) is -0.398. The van der Waals surface area contributed by atoms with Crippen LogP contribution in [0.1, 0.15) is 28.2 Å². The molecule has 1 atom stereocenters. The van der Waals surface area contributed by atoms with Crippen molar-refractivity contribution >= 4 is 46.4 Å². The maximum absolute atomic E-state index is 12.8. The number of hydrogen-bond acceptors (Lipinski definition) is 4. The van der Waals surface area contributed by atoms with Crippen LogP contribution in [0.3, 0.4) is 0 Å². The van der Waals surface area contributed by atoms with Crippen LogP contribution in [0.5, 0.6) is 0 Å². The van der Waals surface area contributed by atoms with Gasteiger partial charge in [-0.3, -0.25) is 9.59 Å². The van der Waals surface area contributed by atoms with E-state index in [9.17, 15) is 9.59 Å². The lowest BCUT2D eigenvalue weighted by Crippen LogP contribution is -2.46. The molecule has 0 saturated carbocycles. The van der Waals surface area contributed by atoms with Gasteiger partial charge in [0.1, 0.15) is 6.04 Å². The largest absolute Gasteiger partial charge is 0.354 e. The van der Waals surface area contributed by atoms with Gasteiger partial charge in [0.2, 0.25) is 5.91 Å². The van der Waals surface area contributed by atoms with Crippen LogP contribution in [-0.2, 0) is 11.2 Å². The second kappa shape index (κ2) is 8.17. The molecule has 0 spiro atoms. The lowest BCUT2D eigenvalue weighted by Gasteiger charge is -2.24. The highest BCUT2D eigenvalue weighted by Crippen LogP contribution is 2.26. The van der Waals surface area contributed by atoms with Crippen molar-refractivity contribution in [3.63, 3.8) is 0 Å². The molecule has 1 aromatic carbocycles. The molecule has 25 heavy (non-hydrogen) atoms. The van der Waals surface area contributed by atoms with E-state index in [-0.39, 0.29) is 11.8 Å². The fraction of sp³-hybridized carbons (Fsp3) is 0.353. The van der Waals surface area contributed by atoms with Gasteiger partial charge in [-0.1, -0.05) is 23.2 Å². The summed E-state index contributed by atoms with van der Waals surface area (Å²) in [6.07, 6.45) is 3.86. The number of nitrogens with one attached hydrogen (secondary N) is 1. The van der Waals surface area contributed by atoms with Crippen LogP contribution in [0, 0.1) is 0 Å². The second-order valence-corrected chi connectivity index (χ2v) is 7.57. The number of benzene rings is 1. The van der Waals surface area contributed by atoms with E-state index >= 15 is 0 Å². The third-order valence-corrected chi connectivity index (χ3v) is 5.50. The highest BCUT2D eigenvalue weighted by atomic mass is 35.5. The van der Waals surface area contributed by atoms with Gasteiger partial charge in [0.25, 0.3) is 5.91 Å². The topological polar surface area (TPSA) is 62.3 Å². The van der Waals surface area contributed by atoms with Crippen LogP contribution in [0.25, 0.3) is 0 Å². The number of halogens is 2. The Kier molecular flexibility index (Phi) is 5.93. The van der Waals surface area contributed by atoms with Crippen molar-refractivity contribution in [3.05, 3.63) is 50.4 Å². The van der Waals surface area contributed by atoms with Crippen molar-refractivity contribution in [3.8, 4) is 0 Å². The Morgan fingerprint density at radius 3 is 2.96 bits per heavy atom. The van der Waals surface area contributed by atoms with Crippen molar-refractivity contribution in [2.45, 2.75) is 25.3 Å². The lowest BCUT2D eigenvalue weighted by molar-refractivity contribution is -0.124. The van der Waals surface area contributed by atoms with Gasteiger partial charge in [-0.25, -0.2) is 4.98 Å². The van der Waals surface area contributed by atoms with Crippen molar-refractivity contribution in [2.75, 3.05) is 13.1 Å². The Hall–Kier alpha value is -1.63. The van der Waals surface area contributed by atoms with E-state index in [4.69, 9.17) is 23.2 Å². The molecule has 1 N–H and O–H groups in total. The molecule has 0 radical (unpaired) electrons. The molecule has 3 rings (SSSR count). The number of thiazole rings is 1. The maximum Gasteiger partial charge on any atom is 0.256 e. The smallest absolute Gasteiger partial charge is 0.256 e. The number of rotatable bonds is 5. The van der Waals surface area contributed by atoms with Crippen LogP contribution < -0.4 is 5.32 Å². The first-order valence-corrected chi connectivity index (χ1v) is 9.62. The SMILES string of the molecule is O=C(NCCc1nccs1)C1CCCN1C(=O)c1cc(Cl)ccc1Cl. The Morgan fingerprint density at radius 1 is 1.36 bits per heavy atom. The third kappa shape index (κ3) is 4.32. The van der Waals surface area contributed by atoms with Crippen LogP contribution in [0.4, 0.5) is 0 Å². The quantitative estimate of drug-likeness (QED) is 0.840. The van der Waals surface area contributed by atoms with Gasteiger partial charge < -0.3 is 10.2 Å². The molecule has 5 nitrogen and oxygen atoms in total. The average Bonchev–Trinajstić information content (AvgIpc) is 3.27. The fourth-order valence-corrected chi connectivity index (χ4v) is 3.88. The summed E-state index contributed by atoms with van der Waals surface area (Å²) in [5.41, 5.74) is 0.330. The maximum atomic E-state index is 12.8. The van der Waals surface area contributed by atoms with Crippen molar-refractivity contribution in [1.29, 1.82) is 0 Å². The first kappa shape index (κ1) is 18.2. The third-order valence-electron chi connectivity index (χ3n) is 4.10. The molecule has 8 heteroatoms. The highest BCUT2D eigenvalue weighted by Gasteiger charge is 2.35. The van der Waals surface area contributed by atoms with Crippen LogP contribution in [0.2, 0.25) is 10.0 Å². The summed E-state index contributed by atoms with van der Waals surface area (Å²) in [4.78, 5) is 31.0. The molecule has 1 unspecified atom stereocenters. The normalized spacial score (nSPS) is 16.9. The van der Waals surface area contributed by atoms with Gasteiger partial charge in [-0.2, -0.15) is 0 Å². The minimum absolute atomic E-state index is 0.138. The predicted molar refractivity (Wildman–Crippen MR) is 99.3 cm³/mol. The summed E-state index contributed by atoms with van der Waals surface area (Å²) in [6.45, 7) is 1.04. The van der Waals surface area contributed by atoms with Crippen molar-refractivity contribution in [1.82, 2.24) is 15.2 Å². The van der Waals surface area contributed by atoms with Gasteiger partial charge >= 0.3 is 0 Å². The minimum Gasteiger partial charge on any atom is -0.354 e. The van der Waals surface area contributed by atoms with E-state index in [1.807, 2.05) is 5.38 Å². The number of nitrogens with zero attached hydrogens (tertiary/aromatic N) is 2. The van der Waals surface area contributed by atoms with Gasteiger partial charge in [-0.15, -0.1) is 11.3 Å². The van der Waals surface area contributed by atoms with Crippen molar-refractivity contribution in [2.24, 2.45) is 0 Å². The Labute approximate surface area is 160 Å². The molecule has 1 aliphatic rings. The fourth-order valence-electron chi connectivity index (χ4n) is 2.89. The van der Waals surface area contributed by atoms with Crippen molar-refractivity contribution < 1.29 is 9.59 Å². The second-order valence-electron chi connectivity index (χ2n) is 5.75. The molecule has 2 aromatic rings. The molecule has 0 bridgehead atoms. The number of hydrogen-bond donors (Lipinski definition) is 1. The molecular weight excluding hydrogens is 381 g/mol. The summed E-state index contributed by atoms with van der Waals surface area (Å²) >= 11 is 13.7. The zero-order chi connectivity index (χ0) is 17.8. The van der Waals surface area contributed by atoms with Gasteiger partial charge in [-0.05, 0) is 31.0 Å². The zero-order valence-corrected chi connectivity index (χ0v) is 15.7. The molecule has 1 fully saturated rings. The molecule has 1 saturated heterocycles. The number of carbonyl (C=O) groups is 2. The van der Waals surface area contributed by atoms with Crippen LogP contribution in [-0.4, -0.2) is 40.8 Å². The number of carbonyl (C=O) groups excluding carboxylic acids is 2. The van der Waals surface area contributed by atoms with E-state index in [1.54, 1.807) is 40.6 Å². The van der Waals surface area contributed by atoms with E-state index in [1.165, 1.54) is 0 Å². The summed E-state index contributed by atoms with van der Waals surface area (Å²) in [6, 6.07) is 4.30. The zero-order valence-electron chi connectivity index (χ0n) is 13.4. The van der Waals surface area contributed by atoms with Gasteiger partial charge in [0, 0.05) is 36.1 Å². The predicted octanol–water partition coefficient (Wildman–Crippen LogP) is 3.41. The number of likely N-dealkylation sites (tertiary alicyclic amines) is 1. The van der Waals surface area contributed by atoms with E-state index in [0.29, 0.717) is 41.5 Å². The molecule has 1 aromatic heterocycles. The monoisotopic (exact) mass is 397 g/mol. The summed E-state index contributed by atoms with van der Waals surface area (Å²) in [7, 11) is 0. The number of aromatic nitrogens is 1. The molecular formula is C17H17Cl2N3O2S. The Balaban J connectivity index is 1.64. The first-order valence-electron chi connectivity index (χ1n) is 7.98. The lowest BCUT2D eigenvalue weighted by atomic mass is 10.1. The summed E-state index contributed by atoms with van der Waals surface area (Å²) in [5, 5.41) is 6.56. The highest BCUT2D eigenvalue weighted by molar-refractivity contribution is 7.09. The Morgan fingerprint density at radius 2 is 2.20 bits per heavy atom. The first-order chi connectivity index (χ1) is 12.1. The molecule has 1 aliphatic heterocycles. The van der Waals surface area contributed by atoms with Gasteiger partial charge in [0.05, 0.1) is 15.6 Å². The van der Waals surface area contributed by atoms with Gasteiger partial charge in [0.15, 0.2) is 0 Å². The molecule has 2 heterocycles. The van der Waals surface area contributed by atoms with E-state index in [0.717, 1.165) is 11.4 Å². The van der Waals surface area contributed by atoms with Crippen LogP contribution in [0.15, 0.2) is 29.8 Å². The average molecular weight is 398 g/mol. The van der Waals surface area contributed by atoms with Crippen LogP contribution >= 0.6 is 34.5 Å². The number of amides is 2. The minimum atomic E-state index is -0.473. The summed E-state index contributed by atoms with van der Waals surface area (Å²) < 4.78 is 0. The standard InChI is InChI=1S/C17H17Cl2N3O2S/c18-11-3-4-13(19)12(10-11)17(24)22-8-1-2-14(22)16(23)21-6-5-15-20-7-9-25-15/h3-4,7,9-10,14H,1-2,5-6,8H2,(H,21,23). The molecule has 0 aliphatic carbocycles. The van der Waals surface area contributed by atoms with E-state index in [2.05, 4.69) is 10.3 Å².